The fourth-order valence-corrected chi connectivity index (χ4v) is 3.22. The summed E-state index contributed by atoms with van der Waals surface area (Å²) in [6.07, 6.45) is 0. The smallest absolute Gasteiger partial charge is 0.226 e. The quantitative estimate of drug-likeness (QED) is 0.807. The van der Waals surface area contributed by atoms with Crippen molar-refractivity contribution in [3.63, 3.8) is 0 Å². The van der Waals surface area contributed by atoms with E-state index >= 15 is 0 Å². The Morgan fingerprint density at radius 3 is 2.94 bits per heavy atom. The summed E-state index contributed by atoms with van der Waals surface area (Å²) in [6, 6.07) is 6.52. The maximum atomic E-state index is 13.2. The zero-order valence-electron chi connectivity index (χ0n) is 10.0. The largest absolute Gasteiger partial charge is 0.326 e. The van der Waals surface area contributed by atoms with Gasteiger partial charge in [0, 0.05) is 18.2 Å². The van der Waals surface area contributed by atoms with Crippen molar-refractivity contribution in [1.82, 2.24) is 4.90 Å². The molecule has 0 spiro atoms. The zero-order chi connectivity index (χ0) is 12.4. The minimum absolute atomic E-state index is 0.00948. The zero-order valence-corrected chi connectivity index (χ0v) is 10.8. The maximum absolute atomic E-state index is 13.2. The number of carbonyl (C=O) groups is 1. The van der Waals surface area contributed by atoms with Gasteiger partial charge in [-0.15, -0.1) is 11.8 Å². The van der Waals surface area contributed by atoms with Gasteiger partial charge in [0.05, 0.1) is 0 Å². The maximum Gasteiger partial charge on any atom is 0.226 e. The Morgan fingerprint density at radius 1 is 1.53 bits per heavy atom. The first-order valence-corrected chi connectivity index (χ1v) is 6.82. The summed E-state index contributed by atoms with van der Waals surface area (Å²) in [6.45, 7) is 4.55. The lowest BCUT2D eigenvalue weighted by molar-refractivity contribution is -0.134. The molecule has 1 aliphatic rings. The van der Waals surface area contributed by atoms with Crippen LogP contribution in [0, 0.1) is 11.7 Å². The number of halogens is 1. The first kappa shape index (κ1) is 12.4. The number of amides is 1. The standard InChI is InChI=1S/C13H16FNOS/c1-9(2)12(16)15-6-7-17-13(15)10-4-3-5-11(14)8-10/h3-5,8-9,13H,6-7H2,1-2H3. The van der Waals surface area contributed by atoms with Crippen LogP contribution in [0.2, 0.25) is 0 Å². The van der Waals surface area contributed by atoms with Gasteiger partial charge in [-0.3, -0.25) is 4.79 Å². The molecule has 1 amide bonds. The molecule has 0 radical (unpaired) electrons. The van der Waals surface area contributed by atoms with Crippen molar-refractivity contribution >= 4 is 17.7 Å². The van der Waals surface area contributed by atoms with Crippen LogP contribution in [0.5, 0.6) is 0 Å². The van der Waals surface area contributed by atoms with Gasteiger partial charge in [-0.1, -0.05) is 26.0 Å². The number of hydrogen-bond donors (Lipinski definition) is 0. The van der Waals surface area contributed by atoms with Gasteiger partial charge in [-0.05, 0) is 17.7 Å². The van der Waals surface area contributed by atoms with Gasteiger partial charge in [0.15, 0.2) is 0 Å². The summed E-state index contributed by atoms with van der Waals surface area (Å²) in [5.74, 6) is 0.806. The molecule has 4 heteroatoms. The minimum atomic E-state index is -0.244. The van der Waals surface area contributed by atoms with Gasteiger partial charge in [0.1, 0.15) is 11.2 Å². The van der Waals surface area contributed by atoms with Crippen LogP contribution in [-0.2, 0) is 4.79 Å². The molecule has 2 rings (SSSR count). The van der Waals surface area contributed by atoms with Crippen molar-refractivity contribution in [2.45, 2.75) is 19.2 Å². The summed E-state index contributed by atoms with van der Waals surface area (Å²) in [5.41, 5.74) is 0.876. The van der Waals surface area contributed by atoms with E-state index in [-0.39, 0.29) is 23.0 Å². The molecule has 92 valence electrons. The highest BCUT2D eigenvalue weighted by atomic mass is 32.2. The third-order valence-corrected chi connectivity index (χ3v) is 4.06. The summed E-state index contributed by atoms with van der Waals surface area (Å²) in [4.78, 5) is 13.9. The van der Waals surface area contributed by atoms with Gasteiger partial charge in [-0.2, -0.15) is 0 Å². The van der Waals surface area contributed by atoms with E-state index in [4.69, 9.17) is 0 Å². The summed E-state index contributed by atoms with van der Waals surface area (Å²) >= 11 is 1.70. The van der Waals surface area contributed by atoms with Gasteiger partial charge >= 0.3 is 0 Å². The Bertz CT molecular complexity index is 422. The van der Waals surface area contributed by atoms with Crippen LogP contribution < -0.4 is 0 Å². The number of rotatable bonds is 2. The monoisotopic (exact) mass is 253 g/mol. The molecule has 0 saturated carbocycles. The van der Waals surface area contributed by atoms with Crippen LogP contribution in [-0.4, -0.2) is 23.1 Å². The van der Waals surface area contributed by atoms with Crippen molar-refractivity contribution < 1.29 is 9.18 Å². The second-order valence-electron chi connectivity index (χ2n) is 4.46. The molecule has 2 nitrogen and oxygen atoms in total. The molecule has 1 fully saturated rings. The molecular weight excluding hydrogens is 237 g/mol. The van der Waals surface area contributed by atoms with E-state index in [1.165, 1.54) is 12.1 Å². The highest BCUT2D eigenvalue weighted by molar-refractivity contribution is 7.99. The molecule has 0 aromatic heterocycles. The Balaban J connectivity index is 2.23. The molecule has 1 heterocycles. The molecule has 0 N–H and O–H groups in total. The van der Waals surface area contributed by atoms with Crippen molar-refractivity contribution in [1.29, 1.82) is 0 Å². The molecule has 0 bridgehead atoms. The fourth-order valence-electron chi connectivity index (χ4n) is 1.96. The summed E-state index contributed by atoms with van der Waals surface area (Å²) in [5, 5.41) is -0.0272. The van der Waals surface area contributed by atoms with Crippen molar-refractivity contribution in [3.05, 3.63) is 35.6 Å². The molecule has 17 heavy (non-hydrogen) atoms. The number of carbonyl (C=O) groups excluding carboxylic acids is 1. The third-order valence-electron chi connectivity index (χ3n) is 2.80. The van der Waals surface area contributed by atoms with E-state index in [9.17, 15) is 9.18 Å². The SMILES string of the molecule is CC(C)C(=O)N1CCSC1c1cccc(F)c1. The summed E-state index contributed by atoms with van der Waals surface area (Å²) in [7, 11) is 0. The van der Waals surface area contributed by atoms with Crippen LogP contribution in [0.4, 0.5) is 4.39 Å². The van der Waals surface area contributed by atoms with Crippen molar-refractivity contribution in [2.24, 2.45) is 5.92 Å². The van der Waals surface area contributed by atoms with E-state index in [0.717, 1.165) is 17.9 Å². The lowest BCUT2D eigenvalue weighted by atomic mass is 10.1. The van der Waals surface area contributed by atoms with Crippen LogP contribution in [0.25, 0.3) is 0 Å². The number of hydrogen-bond acceptors (Lipinski definition) is 2. The first-order valence-electron chi connectivity index (χ1n) is 5.77. The second-order valence-corrected chi connectivity index (χ2v) is 5.65. The highest BCUT2D eigenvalue weighted by Crippen LogP contribution is 2.38. The topological polar surface area (TPSA) is 20.3 Å². The van der Waals surface area contributed by atoms with Crippen LogP contribution in [0.3, 0.4) is 0 Å². The average Bonchev–Trinajstić information content (AvgIpc) is 2.76. The van der Waals surface area contributed by atoms with Gasteiger partial charge in [0.25, 0.3) is 0 Å². The van der Waals surface area contributed by atoms with E-state index < -0.39 is 0 Å². The van der Waals surface area contributed by atoms with E-state index in [1.54, 1.807) is 17.8 Å². The predicted molar refractivity (Wildman–Crippen MR) is 68.2 cm³/mol. The van der Waals surface area contributed by atoms with Gasteiger partial charge in [0.2, 0.25) is 5.91 Å². The molecule has 1 aromatic rings. The Kier molecular flexibility index (Phi) is 3.72. The molecule has 1 unspecified atom stereocenters. The number of thioether (sulfide) groups is 1. The third kappa shape index (κ3) is 2.63. The Labute approximate surface area is 105 Å². The van der Waals surface area contributed by atoms with E-state index in [2.05, 4.69) is 0 Å². The number of nitrogens with zero attached hydrogens (tertiary/aromatic N) is 1. The predicted octanol–water partition coefficient (Wildman–Crippen LogP) is 3.06. The molecule has 0 aliphatic carbocycles. The molecule has 1 aromatic carbocycles. The first-order chi connectivity index (χ1) is 8.09. The molecular formula is C13H16FNOS. The average molecular weight is 253 g/mol. The Hall–Kier alpha value is -1.03. The van der Waals surface area contributed by atoms with Gasteiger partial charge in [-0.25, -0.2) is 4.39 Å². The van der Waals surface area contributed by atoms with Crippen LogP contribution >= 0.6 is 11.8 Å². The van der Waals surface area contributed by atoms with Crippen molar-refractivity contribution in [2.75, 3.05) is 12.3 Å². The fraction of sp³-hybridized carbons (Fsp3) is 0.462. The van der Waals surface area contributed by atoms with E-state index in [1.807, 2.05) is 24.8 Å². The van der Waals surface area contributed by atoms with Gasteiger partial charge < -0.3 is 4.90 Å². The highest BCUT2D eigenvalue weighted by Gasteiger charge is 2.31. The lowest BCUT2D eigenvalue weighted by Gasteiger charge is -2.25. The second kappa shape index (κ2) is 5.08. The van der Waals surface area contributed by atoms with Crippen molar-refractivity contribution in [3.8, 4) is 0 Å². The molecule has 1 aliphatic heterocycles. The molecule has 1 saturated heterocycles. The lowest BCUT2D eigenvalue weighted by Crippen LogP contribution is -2.33. The van der Waals surface area contributed by atoms with E-state index in [0.29, 0.717) is 0 Å². The van der Waals surface area contributed by atoms with Crippen LogP contribution in [0.15, 0.2) is 24.3 Å². The number of benzene rings is 1. The van der Waals surface area contributed by atoms with Crippen LogP contribution in [0.1, 0.15) is 24.8 Å². The minimum Gasteiger partial charge on any atom is -0.326 e. The molecule has 1 atom stereocenters. The normalized spacial score (nSPS) is 20.0. The summed E-state index contributed by atoms with van der Waals surface area (Å²) < 4.78 is 13.2. The Morgan fingerprint density at radius 2 is 2.29 bits per heavy atom.